The van der Waals surface area contributed by atoms with E-state index in [0.717, 1.165) is 17.7 Å². The van der Waals surface area contributed by atoms with Gasteiger partial charge in [-0.1, -0.05) is 48.5 Å². The van der Waals surface area contributed by atoms with Gasteiger partial charge in [-0.25, -0.2) is 0 Å². The van der Waals surface area contributed by atoms with Crippen LogP contribution in [0.25, 0.3) is 22.0 Å². The molecular weight excluding hydrogens is 232 g/mol. The lowest BCUT2D eigenvalue weighted by atomic mass is 10.0. The van der Waals surface area contributed by atoms with Gasteiger partial charge in [-0.3, -0.25) is 4.98 Å². The summed E-state index contributed by atoms with van der Waals surface area (Å²) in [6, 6.07) is 18.8. The van der Waals surface area contributed by atoms with E-state index in [1.54, 1.807) is 0 Å². The topological polar surface area (TPSA) is 24.9 Å². The molecule has 1 N–H and O–H groups in total. The van der Waals surface area contributed by atoms with Crippen LogP contribution in [0.5, 0.6) is 0 Å². The summed E-state index contributed by atoms with van der Waals surface area (Å²) in [4.78, 5) is 4.56. The molecule has 1 aromatic heterocycles. The number of anilines is 1. The second-order valence-electron chi connectivity index (χ2n) is 4.46. The maximum absolute atomic E-state index is 4.56. The summed E-state index contributed by atoms with van der Waals surface area (Å²) in [6.07, 6.45) is 1.87. The van der Waals surface area contributed by atoms with Crippen molar-refractivity contribution in [2.24, 2.45) is 0 Å². The predicted molar refractivity (Wildman–Crippen MR) is 81.3 cm³/mol. The third-order valence-electron chi connectivity index (χ3n) is 3.22. The van der Waals surface area contributed by atoms with Gasteiger partial charge in [-0.2, -0.15) is 0 Å². The zero-order valence-electron chi connectivity index (χ0n) is 10.9. The summed E-state index contributed by atoms with van der Waals surface area (Å²) < 4.78 is 0. The molecule has 0 aliphatic rings. The zero-order chi connectivity index (χ0) is 13.1. The fraction of sp³-hybridized carbons (Fsp3) is 0.118. The monoisotopic (exact) mass is 248 g/mol. The van der Waals surface area contributed by atoms with E-state index >= 15 is 0 Å². The molecule has 3 aromatic rings. The third-order valence-corrected chi connectivity index (χ3v) is 3.22. The van der Waals surface area contributed by atoms with Crippen LogP contribution in [-0.4, -0.2) is 11.5 Å². The van der Waals surface area contributed by atoms with E-state index in [-0.39, 0.29) is 0 Å². The lowest BCUT2D eigenvalue weighted by molar-refractivity contribution is 1.21. The number of fused-ring (bicyclic) bond motifs is 1. The molecular formula is C17H16N2. The highest BCUT2D eigenvalue weighted by Gasteiger charge is 2.07. The molecule has 0 saturated carbocycles. The third kappa shape index (κ3) is 2.17. The van der Waals surface area contributed by atoms with Crippen molar-refractivity contribution in [3.63, 3.8) is 0 Å². The lowest BCUT2D eigenvalue weighted by Crippen LogP contribution is -1.98. The molecule has 1 heterocycles. The van der Waals surface area contributed by atoms with E-state index in [1.807, 2.05) is 18.3 Å². The highest BCUT2D eigenvalue weighted by Crippen LogP contribution is 2.30. The summed E-state index contributed by atoms with van der Waals surface area (Å²) in [5.74, 6) is 0. The van der Waals surface area contributed by atoms with Crippen molar-refractivity contribution in [1.29, 1.82) is 0 Å². The number of nitrogens with zero attached hydrogens (tertiary/aromatic N) is 1. The molecule has 0 atom stereocenters. The van der Waals surface area contributed by atoms with Gasteiger partial charge < -0.3 is 5.32 Å². The number of aromatic nitrogens is 1. The summed E-state index contributed by atoms with van der Waals surface area (Å²) in [5.41, 5.74) is 4.57. The molecule has 94 valence electrons. The number of pyridine rings is 1. The Morgan fingerprint density at radius 2 is 1.79 bits per heavy atom. The first-order valence-electron chi connectivity index (χ1n) is 6.57. The molecule has 0 fully saturated rings. The SMILES string of the molecule is CCNc1ccnc2c(-c3ccccc3)cccc12. The molecule has 0 amide bonds. The van der Waals surface area contributed by atoms with Crippen molar-refractivity contribution >= 4 is 16.6 Å². The maximum Gasteiger partial charge on any atom is 0.0801 e. The number of nitrogens with one attached hydrogen (secondary N) is 1. The molecule has 3 rings (SSSR count). The van der Waals surface area contributed by atoms with E-state index in [0.29, 0.717) is 0 Å². The second kappa shape index (κ2) is 5.11. The van der Waals surface area contributed by atoms with Gasteiger partial charge in [0.1, 0.15) is 0 Å². The van der Waals surface area contributed by atoms with Crippen molar-refractivity contribution in [2.75, 3.05) is 11.9 Å². The van der Waals surface area contributed by atoms with Crippen molar-refractivity contribution in [3.8, 4) is 11.1 Å². The second-order valence-corrected chi connectivity index (χ2v) is 4.46. The Morgan fingerprint density at radius 3 is 2.58 bits per heavy atom. The number of hydrogen-bond donors (Lipinski definition) is 1. The Morgan fingerprint density at radius 1 is 0.947 bits per heavy atom. The number of rotatable bonds is 3. The molecule has 0 radical (unpaired) electrons. The molecule has 0 unspecified atom stereocenters. The van der Waals surface area contributed by atoms with E-state index in [4.69, 9.17) is 0 Å². The molecule has 0 saturated heterocycles. The van der Waals surface area contributed by atoms with Gasteiger partial charge >= 0.3 is 0 Å². The standard InChI is InChI=1S/C17H16N2/c1-2-18-16-11-12-19-17-14(9-6-10-15(16)17)13-7-4-3-5-8-13/h3-12H,2H2,1H3,(H,18,19). The molecule has 2 nitrogen and oxygen atoms in total. The Labute approximate surface area is 113 Å². The minimum absolute atomic E-state index is 0.911. The molecule has 2 heteroatoms. The molecule has 0 aliphatic heterocycles. The summed E-state index contributed by atoms with van der Waals surface area (Å²) in [7, 11) is 0. The highest BCUT2D eigenvalue weighted by molar-refractivity contribution is 6.00. The number of para-hydroxylation sites is 1. The van der Waals surface area contributed by atoms with Gasteiger partial charge in [0, 0.05) is 29.4 Å². The normalized spacial score (nSPS) is 10.6. The van der Waals surface area contributed by atoms with Crippen LogP contribution in [0.4, 0.5) is 5.69 Å². The van der Waals surface area contributed by atoms with Crippen molar-refractivity contribution in [1.82, 2.24) is 4.98 Å². The van der Waals surface area contributed by atoms with Gasteiger partial charge in [-0.05, 0) is 18.6 Å². The van der Waals surface area contributed by atoms with Crippen LogP contribution in [0.15, 0.2) is 60.8 Å². The van der Waals surface area contributed by atoms with Gasteiger partial charge in [0.15, 0.2) is 0 Å². The number of hydrogen-bond acceptors (Lipinski definition) is 2. The van der Waals surface area contributed by atoms with Gasteiger partial charge in [0.2, 0.25) is 0 Å². The maximum atomic E-state index is 4.56. The molecule has 0 aliphatic carbocycles. The fourth-order valence-corrected chi connectivity index (χ4v) is 2.37. The Balaban J connectivity index is 2.25. The van der Waals surface area contributed by atoms with Crippen LogP contribution in [0.2, 0.25) is 0 Å². The Hall–Kier alpha value is -2.35. The summed E-state index contributed by atoms with van der Waals surface area (Å²) in [5, 5.41) is 4.56. The summed E-state index contributed by atoms with van der Waals surface area (Å²) in [6.45, 7) is 3.02. The van der Waals surface area contributed by atoms with Crippen LogP contribution in [0.1, 0.15) is 6.92 Å². The van der Waals surface area contributed by atoms with Crippen LogP contribution in [0, 0.1) is 0 Å². The first kappa shape index (κ1) is 11.7. The van der Waals surface area contributed by atoms with E-state index in [9.17, 15) is 0 Å². The zero-order valence-corrected chi connectivity index (χ0v) is 10.9. The first-order valence-corrected chi connectivity index (χ1v) is 6.57. The van der Waals surface area contributed by atoms with E-state index in [2.05, 4.69) is 59.7 Å². The molecule has 19 heavy (non-hydrogen) atoms. The first-order chi connectivity index (χ1) is 9.40. The van der Waals surface area contributed by atoms with Crippen LogP contribution >= 0.6 is 0 Å². The quantitative estimate of drug-likeness (QED) is 0.746. The van der Waals surface area contributed by atoms with Crippen molar-refractivity contribution in [2.45, 2.75) is 6.92 Å². The molecule has 0 spiro atoms. The molecule has 0 bridgehead atoms. The van der Waals surface area contributed by atoms with E-state index < -0.39 is 0 Å². The van der Waals surface area contributed by atoms with Gasteiger partial charge in [0.25, 0.3) is 0 Å². The van der Waals surface area contributed by atoms with Crippen LogP contribution < -0.4 is 5.32 Å². The smallest absolute Gasteiger partial charge is 0.0801 e. The average Bonchev–Trinajstić information content (AvgIpc) is 2.48. The van der Waals surface area contributed by atoms with Crippen LogP contribution in [-0.2, 0) is 0 Å². The predicted octanol–water partition coefficient (Wildman–Crippen LogP) is 4.33. The highest BCUT2D eigenvalue weighted by atomic mass is 14.9. The Bertz CT molecular complexity index is 690. The van der Waals surface area contributed by atoms with Crippen LogP contribution in [0.3, 0.4) is 0 Å². The van der Waals surface area contributed by atoms with Crippen molar-refractivity contribution in [3.05, 3.63) is 60.8 Å². The largest absolute Gasteiger partial charge is 0.385 e. The fourth-order valence-electron chi connectivity index (χ4n) is 2.37. The average molecular weight is 248 g/mol. The minimum atomic E-state index is 0.911. The Kier molecular flexibility index (Phi) is 3.15. The summed E-state index contributed by atoms with van der Waals surface area (Å²) >= 11 is 0. The van der Waals surface area contributed by atoms with Crippen molar-refractivity contribution < 1.29 is 0 Å². The number of benzene rings is 2. The van der Waals surface area contributed by atoms with Gasteiger partial charge in [0.05, 0.1) is 5.52 Å². The van der Waals surface area contributed by atoms with E-state index in [1.165, 1.54) is 16.5 Å². The minimum Gasteiger partial charge on any atom is -0.385 e. The van der Waals surface area contributed by atoms with Gasteiger partial charge in [-0.15, -0.1) is 0 Å². The lowest BCUT2D eigenvalue weighted by Gasteiger charge is -2.10. The molecule has 2 aromatic carbocycles.